The lowest BCUT2D eigenvalue weighted by Gasteiger charge is -2.42. The summed E-state index contributed by atoms with van der Waals surface area (Å²) in [6.07, 6.45) is 2.94. The average Bonchev–Trinajstić information content (AvgIpc) is 3.19. The first-order valence-corrected chi connectivity index (χ1v) is 13.9. The summed E-state index contributed by atoms with van der Waals surface area (Å²) in [5.74, 6) is -0.983. The molecule has 0 saturated carbocycles. The van der Waals surface area contributed by atoms with Crippen molar-refractivity contribution in [3.8, 4) is 5.75 Å². The van der Waals surface area contributed by atoms with Gasteiger partial charge in [0.05, 0.1) is 17.9 Å². The number of nitrogens with zero attached hydrogens (tertiary/aromatic N) is 2. The molecule has 4 aliphatic rings. The molecule has 7 nitrogen and oxygen atoms in total. The number of hydrogen-bond donors (Lipinski definition) is 2. The second kappa shape index (κ2) is 10.3. The lowest BCUT2D eigenvalue weighted by molar-refractivity contribution is -0.144. The molecule has 4 atom stereocenters. The number of amides is 2. The van der Waals surface area contributed by atoms with E-state index in [0.29, 0.717) is 12.8 Å². The van der Waals surface area contributed by atoms with Gasteiger partial charge in [-0.3, -0.25) is 19.4 Å². The molecular formula is C30H35BN2O5. The molecule has 0 spiro atoms. The van der Waals surface area contributed by atoms with E-state index in [4.69, 9.17) is 4.65 Å². The molecular weight excluding hydrogens is 479 g/mol. The Balaban J connectivity index is 1.21. The number of phenols is 1. The summed E-state index contributed by atoms with van der Waals surface area (Å²) in [5.41, 5.74) is 3.98. The minimum Gasteiger partial charge on any atom is -0.508 e. The summed E-state index contributed by atoms with van der Waals surface area (Å²) >= 11 is 0. The van der Waals surface area contributed by atoms with Crippen molar-refractivity contribution in [2.24, 2.45) is 17.8 Å². The highest BCUT2D eigenvalue weighted by Gasteiger charge is 2.58. The van der Waals surface area contributed by atoms with E-state index >= 15 is 0 Å². The molecule has 0 radical (unpaired) electrons. The Morgan fingerprint density at radius 3 is 2.37 bits per heavy atom. The van der Waals surface area contributed by atoms with Crippen LogP contribution in [0, 0.1) is 17.8 Å². The van der Waals surface area contributed by atoms with E-state index in [2.05, 4.69) is 29.2 Å². The van der Waals surface area contributed by atoms with Crippen molar-refractivity contribution in [2.75, 3.05) is 13.1 Å². The number of allylic oxidation sites excluding steroid dienone is 2. The van der Waals surface area contributed by atoms with Gasteiger partial charge in [-0.05, 0) is 66.8 Å². The quantitative estimate of drug-likeness (QED) is 0.465. The predicted molar refractivity (Wildman–Crippen MR) is 144 cm³/mol. The third kappa shape index (κ3) is 4.48. The van der Waals surface area contributed by atoms with Crippen molar-refractivity contribution in [3.05, 3.63) is 76.8 Å². The fourth-order valence-electron chi connectivity index (χ4n) is 7.21. The van der Waals surface area contributed by atoms with Gasteiger partial charge in [0.2, 0.25) is 11.8 Å². The van der Waals surface area contributed by atoms with E-state index in [0.717, 1.165) is 55.5 Å². The van der Waals surface area contributed by atoms with Gasteiger partial charge in [0.1, 0.15) is 5.75 Å². The van der Waals surface area contributed by atoms with E-state index in [1.807, 2.05) is 13.0 Å². The van der Waals surface area contributed by atoms with E-state index in [9.17, 15) is 19.7 Å². The van der Waals surface area contributed by atoms with Gasteiger partial charge in [-0.2, -0.15) is 0 Å². The maximum Gasteiger partial charge on any atom is 0.487 e. The van der Waals surface area contributed by atoms with Crippen LogP contribution >= 0.6 is 0 Å². The van der Waals surface area contributed by atoms with E-state index in [1.165, 1.54) is 5.56 Å². The molecule has 3 fully saturated rings. The molecule has 6 rings (SSSR count). The molecule has 2 aromatic carbocycles. The van der Waals surface area contributed by atoms with Crippen LogP contribution < -0.4 is 0 Å². The third-order valence-electron chi connectivity index (χ3n) is 9.11. The van der Waals surface area contributed by atoms with Gasteiger partial charge in [0.15, 0.2) is 0 Å². The molecule has 2 aromatic rings. The molecule has 0 unspecified atom stereocenters. The van der Waals surface area contributed by atoms with Crippen molar-refractivity contribution in [3.63, 3.8) is 0 Å². The first-order chi connectivity index (χ1) is 18.4. The van der Waals surface area contributed by atoms with Gasteiger partial charge in [-0.1, -0.05) is 55.0 Å². The number of carbonyl (C=O) groups is 2. The number of aromatic hydroxyl groups is 1. The van der Waals surface area contributed by atoms with E-state index in [-0.39, 0.29) is 35.4 Å². The summed E-state index contributed by atoms with van der Waals surface area (Å²) in [7, 11) is -1.10. The summed E-state index contributed by atoms with van der Waals surface area (Å²) in [5, 5.41) is 20.8. The lowest BCUT2D eigenvalue weighted by atomic mass is 9.55. The minimum atomic E-state index is -1.10. The second-order valence-corrected chi connectivity index (χ2v) is 11.2. The van der Waals surface area contributed by atoms with Crippen LogP contribution in [-0.2, 0) is 20.8 Å². The van der Waals surface area contributed by atoms with Crippen LogP contribution in [0.1, 0.15) is 56.3 Å². The molecule has 2 N–H and O–H groups in total. The van der Waals surface area contributed by atoms with Gasteiger partial charge in [0.25, 0.3) is 0 Å². The van der Waals surface area contributed by atoms with Crippen molar-refractivity contribution in [1.29, 1.82) is 0 Å². The Kier molecular flexibility index (Phi) is 6.89. The highest BCUT2D eigenvalue weighted by Crippen LogP contribution is 2.52. The van der Waals surface area contributed by atoms with Gasteiger partial charge in [-0.15, -0.1) is 0 Å². The number of carbonyl (C=O) groups excluding carboxylic acids is 2. The van der Waals surface area contributed by atoms with Crippen LogP contribution in [0.2, 0.25) is 0 Å². The monoisotopic (exact) mass is 514 g/mol. The Morgan fingerprint density at radius 1 is 0.974 bits per heavy atom. The SMILES string of the molecule is CCC1=C2B(O)O[C@H](c3ccc(O)cc3)C[C@H]2[C@H]2C(=O)N(C3CCN(Cc4ccccc4)CC3)C(=O)[C@H]2C1. The Bertz CT molecular complexity index is 1220. The van der Waals surface area contributed by atoms with Gasteiger partial charge >= 0.3 is 7.12 Å². The summed E-state index contributed by atoms with van der Waals surface area (Å²) in [6, 6.07) is 17.1. The molecule has 3 heterocycles. The average molecular weight is 514 g/mol. The van der Waals surface area contributed by atoms with Crippen LogP contribution in [0.3, 0.4) is 0 Å². The normalized spacial score (nSPS) is 28.6. The zero-order valence-electron chi connectivity index (χ0n) is 21.8. The molecule has 0 aromatic heterocycles. The second-order valence-electron chi connectivity index (χ2n) is 11.2. The largest absolute Gasteiger partial charge is 0.508 e. The molecule has 3 aliphatic heterocycles. The standard InChI is InChI=1S/C30H35BN2O5/c1-2-20-16-25-27(24-17-26(38-31(37)28(20)24)21-8-10-23(34)11-9-21)30(36)33(29(25)35)22-12-14-32(15-13-22)18-19-6-4-3-5-7-19/h3-11,22,24-27,34,37H,2,12-18H2,1H3/t24-,25-,26-,27+/m0/s1. The molecule has 198 valence electrons. The topological polar surface area (TPSA) is 90.3 Å². The fraction of sp³-hybridized carbons (Fsp3) is 0.467. The number of fused-ring (bicyclic) bond motifs is 3. The summed E-state index contributed by atoms with van der Waals surface area (Å²) < 4.78 is 6.03. The Hall–Kier alpha value is -2.94. The number of rotatable bonds is 5. The van der Waals surface area contributed by atoms with Crippen LogP contribution in [-0.4, -0.2) is 58.0 Å². The highest BCUT2D eigenvalue weighted by molar-refractivity contribution is 6.53. The first kappa shape index (κ1) is 25.3. The van der Waals surface area contributed by atoms with Crippen LogP contribution in [0.15, 0.2) is 65.6 Å². The first-order valence-electron chi connectivity index (χ1n) is 13.9. The fourth-order valence-corrected chi connectivity index (χ4v) is 7.21. The van der Waals surface area contributed by atoms with Gasteiger partial charge in [-0.25, -0.2) is 0 Å². The predicted octanol–water partition coefficient (Wildman–Crippen LogP) is 3.87. The zero-order chi connectivity index (χ0) is 26.4. The molecule has 8 heteroatoms. The maximum atomic E-state index is 14.0. The van der Waals surface area contributed by atoms with Crippen molar-refractivity contribution >= 4 is 18.9 Å². The number of benzene rings is 2. The number of hydrogen-bond acceptors (Lipinski definition) is 6. The number of imide groups is 1. The smallest absolute Gasteiger partial charge is 0.487 e. The van der Waals surface area contributed by atoms with Crippen LogP contribution in [0.5, 0.6) is 5.75 Å². The van der Waals surface area contributed by atoms with Gasteiger partial charge < -0.3 is 14.8 Å². The molecule has 2 amide bonds. The van der Waals surface area contributed by atoms with Crippen LogP contribution in [0.25, 0.3) is 0 Å². The molecule has 0 bridgehead atoms. The number of piperidine rings is 1. The lowest BCUT2D eigenvalue weighted by Crippen LogP contribution is -2.48. The van der Waals surface area contributed by atoms with Crippen LogP contribution in [0.4, 0.5) is 0 Å². The highest BCUT2D eigenvalue weighted by atomic mass is 16.5. The Morgan fingerprint density at radius 2 is 1.68 bits per heavy atom. The van der Waals surface area contributed by atoms with E-state index in [1.54, 1.807) is 29.2 Å². The van der Waals surface area contributed by atoms with Crippen molar-refractivity contribution in [1.82, 2.24) is 9.80 Å². The molecule has 38 heavy (non-hydrogen) atoms. The summed E-state index contributed by atoms with van der Waals surface area (Å²) in [4.78, 5) is 31.8. The molecule has 3 saturated heterocycles. The zero-order valence-corrected chi connectivity index (χ0v) is 21.8. The van der Waals surface area contributed by atoms with E-state index < -0.39 is 19.1 Å². The number of likely N-dealkylation sites (tertiary alicyclic amines) is 2. The Labute approximate surface area is 224 Å². The molecule has 1 aliphatic carbocycles. The third-order valence-corrected chi connectivity index (χ3v) is 9.11. The minimum absolute atomic E-state index is 0.0336. The number of phenolic OH excluding ortho intramolecular Hbond substituents is 1. The van der Waals surface area contributed by atoms with Crippen molar-refractivity contribution in [2.45, 2.75) is 57.7 Å². The van der Waals surface area contributed by atoms with Gasteiger partial charge in [0, 0.05) is 25.7 Å². The summed E-state index contributed by atoms with van der Waals surface area (Å²) in [6.45, 7) is 4.63. The maximum absolute atomic E-state index is 14.0. The van der Waals surface area contributed by atoms with Crippen molar-refractivity contribution < 1.29 is 24.4 Å².